The Hall–Kier alpha value is -4.44. The average molecular weight is 490 g/mol. The number of nitrogens with zero attached hydrogens (tertiary/aromatic N) is 3. The zero-order valence-electron chi connectivity index (χ0n) is 20.5. The molecule has 4 aromatic rings. The second-order valence-electron chi connectivity index (χ2n) is 8.23. The molecule has 2 aromatic heterocycles. The van der Waals surface area contributed by atoms with Gasteiger partial charge < -0.3 is 29.4 Å². The molecule has 186 valence electrons. The number of benzene rings is 2. The molecule has 0 aliphatic heterocycles. The number of fused-ring (bicyclic) bond motifs is 1. The first-order valence-corrected chi connectivity index (χ1v) is 11.2. The highest BCUT2D eigenvalue weighted by atomic mass is 16.5. The quantitative estimate of drug-likeness (QED) is 0.367. The van der Waals surface area contributed by atoms with Crippen molar-refractivity contribution >= 4 is 28.7 Å². The molecule has 36 heavy (non-hydrogen) atoms. The summed E-state index contributed by atoms with van der Waals surface area (Å²) in [7, 11) is 6.88. The topological polar surface area (TPSA) is 119 Å². The van der Waals surface area contributed by atoms with Crippen molar-refractivity contribution in [1.82, 2.24) is 20.2 Å². The highest BCUT2D eigenvalue weighted by Gasteiger charge is 2.17. The molecule has 0 fully saturated rings. The minimum absolute atomic E-state index is 0.283. The van der Waals surface area contributed by atoms with E-state index in [1.54, 1.807) is 54.7 Å². The number of amides is 2. The number of aromatic nitrogens is 2. The van der Waals surface area contributed by atoms with Crippen LogP contribution in [0.5, 0.6) is 11.5 Å². The number of hydrogen-bond donors (Lipinski definition) is 2. The van der Waals surface area contributed by atoms with Gasteiger partial charge >= 0.3 is 0 Å². The first-order valence-electron chi connectivity index (χ1n) is 11.2. The molecule has 0 aliphatic carbocycles. The van der Waals surface area contributed by atoms with Crippen molar-refractivity contribution < 1.29 is 23.5 Å². The van der Waals surface area contributed by atoms with Crippen molar-refractivity contribution in [3.05, 3.63) is 65.9 Å². The highest BCUT2D eigenvalue weighted by Crippen LogP contribution is 2.30. The van der Waals surface area contributed by atoms with Crippen molar-refractivity contribution in [2.45, 2.75) is 0 Å². The first kappa shape index (κ1) is 24.7. The van der Waals surface area contributed by atoms with E-state index in [4.69, 9.17) is 13.9 Å². The Kier molecular flexibility index (Phi) is 7.45. The van der Waals surface area contributed by atoms with E-state index in [0.717, 1.165) is 0 Å². The Balaban J connectivity index is 1.67. The number of carbonyl (C=O) groups is 2. The molecule has 2 amide bonds. The lowest BCUT2D eigenvalue weighted by Gasteiger charge is -2.13. The van der Waals surface area contributed by atoms with Gasteiger partial charge in [-0.05, 0) is 62.6 Å². The summed E-state index contributed by atoms with van der Waals surface area (Å²) in [5, 5.41) is 5.74. The number of rotatable bonds is 9. The second kappa shape index (κ2) is 10.9. The third-order valence-corrected chi connectivity index (χ3v) is 5.36. The van der Waals surface area contributed by atoms with Crippen LogP contribution in [0.25, 0.3) is 22.7 Å². The van der Waals surface area contributed by atoms with E-state index < -0.39 is 0 Å². The Bertz CT molecular complexity index is 1370. The first-order chi connectivity index (χ1) is 17.4. The summed E-state index contributed by atoms with van der Waals surface area (Å²) in [6.45, 7) is 1.15. The zero-order chi connectivity index (χ0) is 25.7. The van der Waals surface area contributed by atoms with Crippen molar-refractivity contribution in [2.24, 2.45) is 0 Å². The predicted molar refractivity (Wildman–Crippen MR) is 136 cm³/mol. The SMILES string of the molecule is COc1ccc(C(=O)Nc2cc(C(=O)NCCN(C)C)cc(-c3nc4ncccc4o3)c2)cc1OC. The molecule has 0 saturated carbocycles. The van der Waals surface area contributed by atoms with Gasteiger partial charge in [-0.15, -0.1) is 0 Å². The molecule has 0 saturated heterocycles. The van der Waals surface area contributed by atoms with Gasteiger partial charge in [0.05, 0.1) is 14.2 Å². The summed E-state index contributed by atoms with van der Waals surface area (Å²) < 4.78 is 16.4. The summed E-state index contributed by atoms with van der Waals surface area (Å²) in [4.78, 5) is 36.5. The lowest BCUT2D eigenvalue weighted by molar-refractivity contribution is 0.0949. The Morgan fingerprint density at radius 3 is 2.50 bits per heavy atom. The smallest absolute Gasteiger partial charge is 0.255 e. The number of nitrogens with one attached hydrogen (secondary N) is 2. The molecular formula is C26H27N5O5. The van der Waals surface area contributed by atoms with Crippen LogP contribution in [-0.2, 0) is 0 Å². The van der Waals surface area contributed by atoms with Gasteiger partial charge in [0.25, 0.3) is 11.8 Å². The highest BCUT2D eigenvalue weighted by molar-refractivity contribution is 6.06. The molecule has 10 nitrogen and oxygen atoms in total. The summed E-state index contributed by atoms with van der Waals surface area (Å²) in [5.41, 5.74) is 2.61. The second-order valence-corrected chi connectivity index (χ2v) is 8.23. The zero-order valence-corrected chi connectivity index (χ0v) is 20.5. The fourth-order valence-electron chi connectivity index (χ4n) is 3.52. The molecule has 2 aromatic carbocycles. The van der Waals surface area contributed by atoms with Gasteiger partial charge in [-0.2, -0.15) is 4.98 Å². The van der Waals surface area contributed by atoms with Crippen LogP contribution >= 0.6 is 0 Å². The van der Waals surface area contributed by atoms with E-state index in [9.17, 15) is 9.59 Å². The van der Waals surface area contributed by atoms with Crippen LogP contribution in [0.15, 0.2) is 59.1 Å². The van der Waals surface area contributed by atoms with Gasteiger partial charge in [0, 0.05) is 41.7 Å². The van der Waals surface area contributed by atoms with E-state index in [1.165, 1.54) is 14.2 Å². The molecule has 0 radical (unpaired) electrons. The maximum atomic E-state index is 13.0. The molecular weight excluding hydrogens is 462 g/mol. The molecule has 0 aliphatic rings. The molecule has 2 heterocycles. The number of anilines is 1. The minimum atomic E-state index is -0.383. The largest absolute Gasteiger partial charge is 0.493 e. The maximum absolute atomic E-state index is 13.0. The number of pyridine rings is 1. The van der Waals surface area contributed by atoms with Crippen LogP contribution in [0.4, 0.5) is 5.69 Å². The van der Waals surface area contributed by atoms with E-state index >= 15 is 0 Å². The van der Waals surface area contributed by atoms with Crippen molar-refractivity contribution in [1.29, 1.82) is 0 Å². The Morgan fingerprint density at radius 1 is 0.972 bits per heavy atom. The third-order valence-electron chi connectivity index (χ3n) is 5.36. The number of ether oxygens (including phenoxy) is 2. The standard InChI is InChI=1S/C26H27N5O5/c1-31(2)11-10-28-24(32)17-12-18(26-30-23-21(36-26)6-5-9-27-23)14-19(13-17)29-25(33)16-7-8-20(34-3)22(15-16)35-4/h5-9,12-15H,10-11H2,1-4H3,(H,28,32)(H,29,33). The van der Waals surface area contributed by atoms with E-state index in [2.05, 4.69) is 20.6 Å². The normalized spacial score (nSPS) is 10.9. The van der Waals surface area contributed by atoms with Gasteiger partial charge in [-0.1, -0.05) is 0 Å². The monoisotopic (exact) mass is 489 g/mol. The predicted octanol–water partition coefficient (Wildman–Crippen LogP) is 3.45. The number of carbonyl (C=O) groups excluding carboxylic acids is 2. The van der Waals surface area contributed by atoms with Gasteiger partial charge in [0.15, 0.2) is 22.7 Å². The summed E-state index contributed by atoms with van der Waals surface area (Å²) in [6.07, 6.45) is 1.62. The summed E-state index contributed by atoms with van der Waals surface area (Å²) in [5.74, 6) is 0.560. The lowest BCUT2D eigenvalue weighted by Crippen LogP contribution is -2.31. The van der Waals surface area contributed by atoms with E-state index in [0.29, 0.717) is 58.2 Å². The van der Waals surface area contributed by atoms with E-state index in [1.807, 2.05) is 19.0 Å². The third kappa shape index (κ3) is 5.61. The molecule has 4 rings (SSSR count). The number of hydrogen-bond acceptors (Lipinski definition) is 8. The van der Waals surface area contributed by atoms with Crippen molar-refractivity contribution in [3.8, 4) is 23.0 Å². The van der Waals surface area contributed by atoms with Crippen LogP contribution in [0, 0.1) is 0 Å². The fraction of sp³-hybridized carbons (Fsp3) is 0.231. The molecule has 0 spiro atoms. The van der Waals surface area contributed by atoms with Gasteiger partial charge in [0.1, 0.15) is 0 Å². The van der Waals surface area contributed by atoms with Crippen molar-refractivity contribution in [3.63, 3.8) is 0 Å². The summed E-state index contributed by atoms with van der Waals surface area (Å²) in [6, 6.07) is 13.3. The Labute approximate surface area is 208 Å². The van der Waals surface area contributed by atoms with Gasteiger partial charge in [0.2, 0.25) is 5.89 Å². The molecule has 0 bridgehead atoms. The van der Waals surface area contributed by atoms with Gasteiger partial charge in [-0.25, -0.2) is 4.98 Å². The molecule has 10 heteroatoms. The average Bonchev–Trinajstić information content (AvgIpc) is 3.32. The van der Waals surface area contributed by atoms with Crippen LogP contribution < -0.4 is 20.1 Å². The minimum Gasteiger partial charge on any atom is -0.493 e. The molecule has 2 N–H and O–H groups in total. The van der Waals surface area contributed by atoms with Crippen LogP contribution in [0.3, 0.4) is 0 Å². The van der Waals surface area contributed by atoms with E-state index in [-0.39, 0.29) is 17.7 Å². The van der Waals surface area contributed by atoms with Crippen molar-refractivity contribution in [2.75, 3.05) is 46.7 Å². The summed E-state index contributed by atoms with van der Waals surface area (Å²) >= 11 is 0. The molecule has 0 atom stereocenters. The molecule has 0 unspecified atom stereocenters. The number of oxazole rings is 1. The van der Waals surface area contributed by atoms with Crippen LogP contribution in [0.1, 0.15) is 20.7 Å². The maximum Gasteiger partial charge on any atom is 0.255 e. The Morgan fingerprint density at radius 2 is 1.78 bits per heavy atom. The number of likely N-dealkylation sites (N-methyl/N-ethyl adjacent to an activating group) is 1. The van der Waals surface area contributed by atoms with Gasteiger partial charge in [-0.3, -0.25) is 9.59 Å². The van der Waals surface area contributed by atoms with Crippen LogP contribution in [-0.4, -0.2) is 68.1 Å². The fourth-order valence-corrected chi connectivity index (χ4v) is 3.52. The number of methoxy groups -OCH3 is 2. The lowest BCUT2D eigenvalue weighted by atomic mass is 10.1. The van der Waals surface area contributed by atoms with Crippen LogP contribution in [0.2, 0.25) is 0 Å².